The van der Waals surface area contributed by atoms with Crippen molar-refractivity contribution >= 4 is 11.6 Å². The van der Waals surface area contributed by atoms with Crippen LogP contribution in [0.15, 0.2) is 36.9 Å². The number of halogens is 1. The fourth-order valence-electron chi connectivity index (χ4n) is 2.12. The van der Waals surface area contributed by atoms with Gasteiger partial charge in [0.05, 0.1) is 23.9 Å². The minimum Gasteiger partial charge on any atom is -0.492 e. The van der Waals surface area contributed by atoms with Crippen LogP contribution >= 0.6 is 11.6 Å². The second-order valence-corrected chi connectivity index (χ2v) is 5.10. The summed E-state index contributed by atoms with van der Waals surface area (Å²) in [4.78, 5) is 8.31. The zero-order chi connectivity index (χ0) is 15.1. The van der Waals surface area contributed by atoms with Gasteiger partial charge in [0.25, 0.3) is 0 Å². The molecule has 112 valence electrons. The van der Waals surface area contributed by atoms with Gasteiger partial charge >= 0.3 is 0 Å². The van der Waals surface area contributed by atoms with Crippen LogP contribution in [0.5, 0.6) is 5.75 Å². The van der Waals surface area contributed by atoms with Crippen LogP contribution in [0.1, 0.15) is 37.4 Å². The first-order valence-electron chi connectivity index (χ1n) is 7.16. The summed E-state index contributed by atoms with van der Waals surface area (Å²) >= 11 is 6.27. The molecule has 0 fully saturated rings. The predicted molar refractivity (Wildman–Crippen MR) is 84.8 cm³/mol. The minimum absolute atomic E-state index is 0.0248. The van der Waals surface area contributed by atoms with Gasteiger partial charge in [-0.3, -0.25) is 9.97 Å². The first kappa shape index (κ1) is 15.7. The van der Waals surface area contributed by atoms with E-state index >= 15 is 0 Å². The van der Waals surface area contributed by atoms with Gasteiger partial charge < -0.3 is 10.1 Å². The number of aromatic nitrogens is 2. The Morgan fingerprint density at radius 2 is 2.10 bits per heavy atom. The molecule has 4 nitrogen and oxygen atoms in total. The molecule has 1 unspecified atom stereocenters. The molecule has 0 aromatic carbocycles. The number of nitrogens with one attached hydrogen (secondary N) is 1. The Balaban J connectivity index is 2.32. The van der Waals surface area contributed by atoms with E-state index in [9.17, 15) is 0 Å². The first-order valence-corrected chi connectivity index (χ1v) is 7.54. The molecule has 0 bridgehead atoms. The average Bonchev–Trinajstić information content (AvgIpc) is 2.52. The highest BCUT2D eigenvalue weighted by Gasteiger charge is 2.17. The smallest absolute Gasteiger partial charge is 0.137 e. The van der Waals surface area contributed by atoms with Crippen LogP contribution in [0.4, 0.5) is 0 Å². The molecule has 2 aromatic heterocycles. The van der Waals surface area contributed by atoms with Crippen molar-refractivity contribution in [2.45, 2.75) is 26.3 Å². The Kier molecular flexibility index (Phi) is 5.96. The number of ether oxygens (including phenoxy) is 1. The molecule has 1 atom stereocenters. The summed E-state index contributed by atoms with van der Waals surface area (Å²) in [6, 6.07) is 3.91. The van der Waals surface area contributed by atoms with Crippen LogP contribution in [-0.2, 0) is 0 Å². The summed E-state index contributed by atoms with van der Waals surface area (Å²) in [5.41, 5.74) is 2.02. The van der Waals surface area contributed by atoms with Crippen molar-refractivity contribution in [2.75, 3.05) is 13.2 Å². The lowest BCUT2D eigenvalue weighted by Crippen LogP contribution is -2.22. The quantitative estimate of drug-likeness (QED) is 0.849. The molecule has 0 aliphatic rings. The maximum Gasteiger partial charge on any atom is 0.137 e. The van der Waals surface area contributed by atoms with E-state index < -0.39 is 0 Å². The summed E-state index contributed by atoms with van der Waals surface area (Å²) in [6.07, 6.45) is 7.94. The van der Waals surface area contributed by atoms with Gasteiger partial charge in [-0.05, 0) is 36.2 Å². The number of nitrogens with zero attached hydrogens (tertiary/aromatic N) is 2. The SMILES string of the molecule is CCCOc1cncc(C(NCC)c2ccncc2Cl)c1. The fraction of sp³-hybridized carbons (Fsp3) is 0.375. The maximum atomic E-state index is 6.27. The van der Waals surface area contributed by atoms with Crippen LogP contribution in [0, 0.1) is 0 Å². The number of hydrogen-bond donors (Lipinski definition) is 1. The topological polar surface area (TPSA) is 47.0 Å². The van der Waals surface area contributed by atoms with E-state index in [-0.39, 0.29) is 6.04 Å². The number of hydrogen-bond acceptors (Lipinski definition) is 4. The summed E-state index contributed by atoms with van der Waals surface area (Å²) in [6.45, 7) is 5.65. The van der Waals surface area contributed by atoms with Crippen LogP contribution in [0.25, 0.3) is 0 Å². The molecule has 2 rings (SSSR count). The Morgan fingerprint density at radius 3 is 2.81 bits per heavy atom. The third kappa shape index (κ3) is 4.16. The van der Waals surface area contributed by atoms with Crippen molar-refractivity contribution in [3.8, 4) is 5.75 Å². The van der Waals surface area contributed by atoms with Crippen molar-refractivity contribution in [3.05, 3.63) is 53.1 Å². The second-order valence-electron chi connectivity index (χ2n) is 4.69. The van der Waals surface area contributed by atoms with E-state index in [4.69, 9.17) is 16.3 Å². The van der Waals surface area contributed by atoms with E-state index in [0.717, 1.165) is 29.8 Å². The Hall–Kier alpha value is -1.65. The molecule has 0 saturated heterocycles. The van der Waals surface area contributed by atoms with Crippen molar-refractivity contribution in [1.82, 2.24) is 15.3 Å². The molecule has 0 amide bonds. The molecule has 21 heavy (non-hydrogen) atoms. The summed E-state index contributed by atoms with van der Waals surface area (Å²) in [5, 5.41) is 4.07. The lowest BCUT2D eigenvalue weighted by atomic mass is 10.0. The fourth-order valence-corrected chi connectivity index (χ4v) is 2.35. The standard InChI is InChI=1S/C16H20ClN3O/c1-3-7-21-13-8-12(9-19-10-13)16(20-4-2)14-5-6-18-11-15(14)17/h5-6,8-11,16,20H,3-4,7H2,1-2H3. The molecule has 0 saturated carbocycles. The Morgan fingerprint density at radius 1 is 1.24 bits per heavy atom. The normalized spacial score (nSPS) is 12.1. The molecular weight excluding hydrogens is 286 g/mol. The highest BCUT2D eigenvalue weighted by molar-refractivity contribution is 6.31. The van der Waals surface area contributed by atoms with Gasteiger partial charge in [-0.1, -0.05) is 25.4 Å². The van der Waals surface area contributed by atoms with Crippen LogP contribution in [0.3, 0.4) is 0 Å². The van der Waals surface area contributed by atoms with Gasteiger partial charge in [-0.15, -0.1) is 0 Å². The molecular formula is C16H20ClN3O. The summed E-state index contributed by atoms with van der Waals surface area (Å²) < 4.78 is 5.65. The predicted octanol–water partition coefficient (Wildman–Crippen LogP) is 3.62. The molecule has 5 heteroatoms. The summed E-state index contributed by atoms with van der Waals surface area (Å²) in [7, 11) is 0. The molecule has 0 aliphatic heterocycles. The van der Waals surface area contributed by atoms with E-state index in [1.54, 1.807) is 18.6 Å². The highest BCUT2D eigenvalue weighted by atomic mass is 35.5. The summed E-state index contributed by atoms with van der Waals surface area (Å²) in [5.74, 6) is 0.780. The van der Waals surface area contributed by atoms with Crippen molar-refractivity contribution in [1.29, 1.82) is 0 Å². The lowest BCUT2D eigenvalue weighted by Gasteiger charge is -2.20. The average molecular weight is 306 g/mol. The number of rotatable bonds is 7. The largest absolute Gasteiger partial charge is 0.492 e. The molecule has 1 N–H and O–H groups in total. The lowest BCUT2D eigenvalue weighted by molar-refractivity contribution is 0.315. The van der Waals surface area contributed by atoms with Gasteiger partial charge in [-0.25, -0.2) is 0 Å². The van der Waals surface area contributed by atoms with E-state index in [2.05, 4.69) is 29.1 Å². The van der Waals surface area contributed by atoms with Crippen molar-refractivity contribution in [2.24, 2.45) is 0 Å². The van der Waals surface area contributed by atoms with Crippen LogP contribution < -0.4 is 10.1 Å². The Bertz CT molecular complexity index is 577. The monoisotopic (exact) mass is 305 g/mol. The molecule has 0 aliphatic carbocycles. The van der Waals surface area contributed by atoms with E-state index in [1.807, 2.05) is 18.3 Å². The molecule has 2 heterocycles. The zero-order valence-corrected chi connectivity index (χ0v) is 13.1. The third-order valence-electron chi connectivity index (χ3n) is 3.06. The van der Waals surface area contributed by atoms with Crippen LogP contribution in [-0.4, -0.2) is 23.1 Å². The van der Waals surface area contributed by atoms with E-state index in [0.29, 0.717) is 11.6 Å². The zero-order valence-electron chi connectivity index (χ0n) is 12.3. The molecule has 0 radical (unpaired) electrons. The van der Waals surface area contributed by atoms with Gasteiger partial charge in [0, 0.05) is 18.6 Å². The van der Waals surface area contributed by atoms with Crippen LogP contribution in [0.2, 0.25) is 5.02 Å². The van der Waals surface area contributed by atoms with Crippen molar-refractivity contribution < 1.29 is 4.74 Å². The maximum absolute atomic E-state index is 6.27. The highest BCUT2D eigenvalue weighted by Crippen LogP contribution is 2.28. The second kappa shape index (κ2) is 7.96. The molecule has 2 aromatic rings. The number of pyridine rings is 2. The van der Waals surface area contributed by atoms with Gasteiger partial charge in [0.2, 0.25) is 0 Å². The van der Waals surface area contributed by atoms with Gasteiger partial charge in [0.15, 0.2) is 0 Å². The third-order valence-corrected chi connectivity index (χ3v) is 3.38. The first-order chi connectivity index (χ1) is 10.3. The van der Waals surface area contributed by atoms with E-state index in [1.165, 1.54) is 0 Å². The van der Waals surface area contributed by atoms with Crippen molar-refractivity contribution in [3.63, 3.8) is 0 Å². The minimum atomic E-state index is -0.0248. The Labute approximate surface area is 130 Å². The van der Waals surface area contributed by atoms with Gasteiger partial charge in [0.1, 0.15) is 5.75 Å². The van der Waals surface area contributed by atoms with Gasteiger partial charge in [-0.2, -0.15) is 0 Å². The molecule has 0 spiro atoms.